The molecule has 0 radical (unpaired) electrons. The Balaban J connectivity index is 2.59. The predicted octanol–water partition coefficient (Wildman–Crippen LogP) is 1.14. The third kappa shape index (κ3) is 2.35. The van der Waals surface area contributed by atoms with Crippen LogP contribution in [0.25, 0.3) is 0 Å². The molecule has 1 aliphatic carbocycles. The van der Waals surface area contributed by atoms with Gasteiger partial charge in [-0.3, -0.25) is 0 Å². The molecule has 0 bridgehead atoms. The molecular weight excluding hydrogens is 166 g/mol. The van der Waals surface area contributed by atoms with Crippen molar-refractivity contribution in [3.63, 3.8) is 0 Å². The Labute approximate surface area is 78.3 Å². The standard InChI is InChI=1S/C9H15N3O/c1-11-8(13)12-9(7-10)5-3-2-4-6-9/h2-6H2,1H3,(H2,11,12,13). The van der Waals surface area contributed by atoms with Crippen LogP contribution < -0.4 is 10.6 Å². The third-order valence-corrected chi connectivity index (χ3v) is 2.50. The first-order chi connectivity index (χ1) is 6.22. The molecule has 4 heteroatoms. The van der Waals surface area contributed by atoms with E-state index in [1.54, 1.807) is 7.05 Å². The van der Waals surface area contributed by atoms with E-state index < -0.39 is 5.54 Å². The molecule has 72 valence electrons. The Morgan fingerprint density at radius 3 is 2.46 bits per heavy atom. The van der Waals surface area contributed by atoms with Crippen molar-refractivity contribution in [1.82, 2.24) is 10.6 Å². The molecule has 13 heavy (non-hydrogen) atoms. The van der Waals surface area contributed by atoms with E-state index in [2.05, 4.69) is 16.7 Å². The average Bonchev–Trinajstić information content (AvgIpc) is 2.19. The molecular formula is C9H15N3O. The summed E-state index contributed by atoms with van der Waals surface area (Å²) < 4.78 is 0. The van der Waals surface area contributed by atoms with Crippen LogP contribution in [0.4, 0.5) is 4.79 Å². The van der Waals surface area contributed by atoms with Crippen molar-refractivity contribution in [2.24, 2.45) is 0 Å². The fourth-order valence-electron chi connectivity index (χ4n) is 1.70. The van der Waals surface area contributed by atoms with Gasteiger partial charge in [0, 0.05) is 7.05 Å². The van der Waals surface area contributed by atoms with Crippen molar-refractivity contribution >= 4 is 6.03 Å². The van der Waals surface area contributed by atoms with Crippen molar-refractivity contribution in [2.75, 3.05) is 7.05 Å². The van der Waals surface area contributed by atoms with E-state index in [-0.39, 0.29) is 6.03 Å². The number of nitrogens with one attached hydrogen (secondary N) is 2. The smallest absolute Gasteiger partial charge is 0.315 e. The first-order valence-electron chi connectivity index (χ1n) is 4.63. The topological polar surface area (TPSA) is 64.9 Å². The van der Waals surface area contributed by atoms with Gasteiger partial charge in [0.25, 0.3) is 0 Å². The highest BCUT2D eigenvalue weighted by molar-refractivity contribution is 5.75. The van der Waals surface area contributed by atoms with Gasteiger partial charge in [-0.2, -0.15) is 5.26 Å². The summed E-state index contributed by atoms with van der Waals surface area (Å²) in [5.41, 5.74) is -0.613. The Morgan fingerprint density at radius 2 is 2.00 bits per heavy atom. The van der Waals surface area contributed by atoms with Crippen LogP contribution in [0.5, 0.6) is 0 Å². The van der Waals surface area contributed by atoms with Gasteiger partial charge in [-0.15, -0.1) is 0 Å². The van der Waals surface area contributed by atoms with Gasteiger partial charge in [-0.25, -0.2) is 4.79 Å². The maximum absolute atomic E-state index is 11.1. The van der Waals surface area contributed by atoms with Gasteiger partial charge >= 0.3 is 6.03 Å². The van der Waals surface area contributed by atoms with Crippen LogP contribution in [0.15, 0.2) is 0 Å². The number of nitrogens with zero attached hydrogens (tertiary/aromatic N) is 1. The normalized spacial score (nSPS) is 20.0. The molecule has 0 spiro atoms. The Kier molecular flexibility index (Phi) is 3.13. The van der Waals surface area contributed by atoms with Gasteiger partial charge in [0.15, 0.2) is 0 Å². The van der Waals surface area contributed by atoms with E-state index in [1.807, 2.05) is 0 Å². The van der Waals surface area contributed by atoms with E-state index in [9.17, 15) is 4.79 Å². The number of amides is 2. The SMILES string of the molecule is CNC(=O)NC1(C#N)CCCCC1. The third-order valence-electron chi connectivity index (χ3n) is 2.50. The van der Waals surface area contributed by atoms with E-state index in [4.69, 9.17) is 5.26 Å². The highest BCUT2D eigenvalue weighted by atomic mass is 16.2. The van der Waals surface area contributed by atoms with Crippen molar-refractivity contribution in [2.45, 2.75) is 37.6 Å². The average molecular weight is 181 g/mol. The minimum Gasteiger partial charge on any atom is -0.341 e. The van der Waals surface area contributed by atoms with Crippen molar-refractivity contribution < 1.29 is 4.79 Å². The summed E-state index contributed by atoms with van der Waals surface area (Å²) >= 11 is 0. The lowest BCUT2D eigenvalue weighted by molar-refractivity contribution is 0.224. The molecule has 2 amide bonds. The van der Waals surface area contributed by atoms with Crippen molar-refractivity contribution in [3.05, 3.63) is 0 Å². The molecule has 0 heterocycles. The number of rotatable bonds is 1. The minimum atomic E-state index is -0.613. The summed E-state index contributed by atoms with van der Waals surface area (Å²) in [6.07, 6.45) is 4.77. The zero-order valence-electron chi connectivity index (χ0n) is 7.89. The lowest BCUT2D eigenvalue weighted by Crippen LogP contribution is -2.51. The lowest BCUT2D eigenvalue weighted by Gasteiger charge is -2.31. The number of urea groups is 1. The van der Waals surface area contributed by atoms with Gasteiger partial charge in [0.2, 0.25) is 0 Å². The molecule has 0 saturated heterocycles. The quantitative estimate of drug-likeness (QED) is 0.637. The lowest BCUT2D eigenvalue weighted by atomic mass is 9.83. The maximum atomic E-state index is 11.1. The van der Waals surface area contributed by atoms with Gasteiger partial charge in [-0.05, 0) is 12.8 Å². The fraction of sp³-hybridized carbons (Fsp3) is 0.778. The zero-order valence-corrected chi connectivity index (χ0v) is 7.89. The molecule has 0 unspecified atom stereocenters. The predicted molar refractivity (Wildman–Crippen MR) is 49.0 cm³/mol. The second-order valence-corrected chi connectivity index (χ2v) is 3.46. The Bertz CT molecular complexity index is 226. The largest absolute Gasteiger partial charge is 0.341 e. The van der Waals surface area contributed by atoms with E-state index in [0.29, 0.717) is 0 Å². The zero-order chi connectivity index (χ0) is 9.73. The summed E-state index contributed by atoms with van der Waals surface area (Å²) in [6.45, 7) is 0. The van der Waals surface area contributed by atoms with Crippen LogP contribution in [0.2, 0.25) is 0 Å². The number of hydrogen-bond donors (Lipinski definition) is 2. The van der Waals surface area contributed by atoms with E-state index >= 15 is 0 Å². The van der Waals surface area contributed by atoms with Crippen molar-refractivity contribution in [1.29, 1.82) is 5.26 Å². The summed E-state index contributed by atoms with van der Waals surface area (Å²) in [5, 5.41) is 14.2. The molecule has 1 fully saturated rings. The number of hydrogen-bond acceptors (Lipinski definition) is 2. The first-order valence-corrected chi connectivity index (χ1v) is 4.63. The van der Waals surface area contributed by atoms with E-state index in [0.717, 1.165) is 25.7 Å². The van der Waals surface area contributed by atoms with Crippen molar-refractivity contribution in [3.8, 4) is 6.07 Å². The second-order valence-electron chi connectivity index (χ2n) is 3.46. The fourth-order valence-corrected chi connectivity index (χ4v) is 1.70. The highest BCUT2D eigenvalue weighted by Crippen LogP contribution is 2.27. The van der Waals surface area contributed by atoms with Crippen LogP contribution >= 0.6 is 0 Å². The molecule has 0 aromatic rings. The minimum absolute atomic E-state index is 0.261. The van der Waals surface area contributed by atoms with Gasteiger partial charge in [-0.1, -0.05) is 19.3 Å². The molecule has 1 rings (SSSR count). The van der Waals surface area contributed by atoms with Gasteiger partial charge in [0.05, 0.1) is 6.07 Å². The Morgan fingerprint density at radius 1 is 1.38 bits per heavy atom. The highest BCUT2D eigenvalue weighted by Gasteiger charge is 2.33. The van der Waals surface area contributed by atoms with Gasteiger partial charge < -0.3 is 10.6 Å². The molecule has 4 nitrogen and oxygen atoms in total. The molecule has 1 aliphatic rings. The monoisotopic (exact) mass is 181 g/mol. The number of carbonyl (C=O) groups excluding carboxylic acids is 1. The summed E-state index contributed by atoms with van der Waals surface area (Å²) in [7, 11) is 1.56. The van der Waals surface area contributed by atoms with Crippen LogP contribution in [-0.2, 0) is 0 Å². The molecule has 2 N–H and O–H groups in total. The van der Waals surface area contributed by atoms with Gasteiger partial charge in [0.1, 0.15) is 5.54 Å². The van der Waals surface area contributed by atoms with Crippen LogP contribution in [-0.4, -0.2) is 18.6 Å². The Hall–Kier alpha value is -1.24. The van der Waals surface area contributed by atoms with Crippen LogP contribution in [0.1, 0.15) is 32.1 Å². The second kappa shape index (κ2) is 4.13. The van der Waals surface area contributed by atoms with Crippen LogP contribution in [0, 0.1) is 11.3 Å². The van der Waals surface area contributed by atoms with Crippen LogP contribution in [0.3, 0.4) is 0 Å². The maximum Gasteiger partial charge on any atom is 0.315 e. The number of nitriles is 1. The molecule has 0 atom stereocenters. The number of carbonyl (C=O) groups is 1. The van der Waals surface area contributed by atoms with E-state index in [1.165, 1.54) is 6.42 Å². The molecule has 0 aromatic heterocycles. The summed E-state index contributed by atoms with van der Waals surface area (Å²) in [6, 6.07) is 1.95. The molecule has 0 aromatic carbocycles. The summed E-state index contributed by atoms with van der Waals surface area (Å²) in [5.74, 6) is 0. The summed E-state index contributed by atoms with van der Waals surface area (Å²) in [4.78, 5) is 11.1. The molecule has 1 saturated carbocycles. The molecule has 0 aliphatic heterocycles. The first kappa shape index (κ1) is 9.85.